The number of aliphatic hydroxyl groups is 2. The Kier molecular flexibility index (Phi) is 6.03. The van der Waals surface area contributed by atoms with Crippen LogP contribution in [0.1, 0.15) is 98.8 Å². The molecule has 3 heteroatoms. The van der Waals surface area contributed by atoms with E-state index < -0.39 is 0 Å². The van der Waals surface area contributed by atoms with Gasteiger partial charge >= 0.3 is 0 Å². The summed E-state index contributed by atoms with van der Waals surface area (Å²) in [5.74, 6) is 2.75. The van der Waals surface area contributed by atoms with Gasteiger partial charge in [-0.05, 0) is 91.8 Å². The summed E-state index contributed by atoms with van der Waals surface area (Å²) in [5, 5.41) is 21.4. The maximum atomic E-state index is 12.5. The zero-order valence-corrected chi connectivity index (χ0v) is 19.9. The molecule has 0 aromatic heterocycles. The average molecular weight is 417 g/mol. The van der Waals surface area contributed by atoms with Gasteiger partial charge in [0.1, 0.15) is 5.78 Å². The highest BCUT2D eigenvalue weighted by Crippen LogP contribution is 2.65. The van der Waals surface area contributed by atoms with Gasteiger partial charge in [-0.2, -0.15) is 0 Å². The fourth-order valence-corrected chi connectivity index (χ4v) is 8.50. The lowest BCUT2D eigenvalue weighted by Gasteiger charge is -2.56. The van der Waals surface area contributed by atoms with Crippen molar-refractivity contribution in [3.8, 4) is 0 Å². The molecule has 0 heterocycles. The molecule has 0 spiro atoms. The SMILES string of the molecule is CC(C)CC(=O)C[C@@H](C)[C@H]1CC[C@H]2C3=C(CC[C@]12C)[C@@]1(C)CC[C@H](O)C[C@@H]1[C@@H](O)C3. The van der Waals surface area contributed by atoms with Crippen molar-refractivity contribution < 1.29 is 15.0 Å². The summed E-state index contributed by atoms with van der Waals surface area (Å²) in [6.07, 6.45) is 9.18. The zero-order chi connectivity index (χ0) is 21.8. The number of allylic oxidation sites excluding steroid dienone is 1. The van der Waals surface area contributed by atoms with Crippen molar-refractivity contribution in [1.82, 2.24) is 0 Å². The lowest BCUT2D eigenvalue weighted by atomic mass is 9.50. The quantitative estimate of drug-likeness (QED) is 0.567. The van der Waals surface area contributed by atoms with Crippen LogP contribution in [0.2, 0.25) is 0 Å². The molecule has 2 saturated carbocycles. The lowest BCUT2D eigenvalue weighted by Crippen LogP contribution is -2.50. The summed E-state index contributed by atoms with van der Waals surface area (Å²) >= 11 is 0. The zero-order valence-electron chi connectivity index (χ0n) is 19.9. The van der Waals surface area contributed by atoms with Crippen molar-refractivity contribution in [3.05, 3.63) is 11.1 Å². The van der Waals surface area contributed by atoms with Gasteiger partial charge in [0.25, 0.3) is 0 Å². The Morgan fingerprint density at radius 2 is 1.80 bits per heavy atom. The highest BCUT2D eigenvalue weighted by atomic mass is 16.3. The minimum Gasteiger partial charge on any atom is -0.393 e. The van der Waals surface area contributed by atoms with Crippen LogP contribution in [0.3, 0.4) is 0 Å². The molecular weight excluding hydrogens is 372 g/mol. The van der Waals surface area contributed by atoms with Gasteiger partial charge < -0.3 is 10.2 Å². The molecule has 0 aliphatic heterocycles. The number of Topliss-reactive ketones (excluding diaryl/α,β-unsaturated/α-hetero) is 1. The Hall–Kier alpha value is -0.670. The molecule has 0 unspecified atom stereocenters. The monoisotopic (exact) mass is 416 g/mol. The molecule has 3 nitrogen and oxygen atoms in total. The van der Waals surface area contributed by atoms with E-state index in [1.54, 1.807) is 11.1 Å². The summed E-state index contributed by atoms with van der Waals surface area (Å²) < 4.78 is 0. The molecule has 30 heavy (non-hydrogen) atoms. The van der Waals surface area contributed by atoms with Gasteiger partial charge in [-0.3, -0.25) is 4.79 Å². The van der Waals surface area contributed by atoms with E-state index in [9.17, 15) is 15.0 Å². The minimum absolute atomic E-state index is 0.0739. The predicted octanol–water partition coefficient (Wildman–Crippen LogP) is 5.68. The van der Waals surface area contributed by atoms with Crippen molar-refractivity contribution in [3.63, 3.8) is 0 Å². The van der Waals surface area contributed by atoms with Crippen molar-refractivity contribution in [1.29, 1.82) is 0 Å². The average Bonchev–Trinajstić information content (AvgIpc) is 3.00. The van der Waals surface area contributed by atoms with Crippen LogP contribution in [0, 0.1) is 40.4 Å². The molecule has 8 atom stereocenters. The second-order valence-corrected chi connectivity index (χ2v) is 12.3. The first-order valence-corrected chi connectivity index (χ1v) is 12.7. The number of hydrogen-bond acceptors (Lipinski definition) is 3. The van der Waals surface area contributed by atoms with E-state index in [1.807, 2.05) is 0 Å². The van der Waals surface area contributed by atoms with Gasteiger partial charge in [-0.25, -0.2) is 0 Å². The minimum atomic E-state index is -0.310. The van der Waals surface area contributed by atoms with Gasteiger partial charge in [-0.1, -0.05) is 45.8 Å². The molecule has 0 aromatic carbocycles. The molecule has 170 valence electrons. The van der Waals surface area contributed by atoms with Gasteiger partial charge in [0.2, 0.25) is 0 Å². The molecule has 0 bridgehead atoms. The van der Waals surface area contributed by atoms with E-state index in [2.05, 4.69) is 34.6 Å². The van der Waals surface area contributed by atoms with E-state index in [-0.39, 0.29) is 29.0 Å². The summed E-state index contributed by atoms with van der Waals surface area (Å²) in [5.41, 5.74) is 3.57. The van der Waals surface area contributed by atoms with Crippen molar-refractivity contribution >= 4 is 5.78 Å². The van der Waals surface area contributed by atoms with Gasteiger partial charge in [0.15, 0.2) is 0 Å². The maximum absolute atomic E-state index is 12.5. The number of carbonyl (C=O) groups is 1. The molecular formula is C27H44O3. The Morgan fingerprint density at radius 1 is 1.07 bits per heavy atom. The van der Waals surface area contributed by atoms with Crippen molar-refractivity contribution in [2.45, 2.75) is 111 Å². The first kappa shape index (κ1) is 22.5. The summed E-state index contributed by atoms with van der Waals surface area (Å²) in [4.78, 5) is 12.5. The van der Waals surface area contributed by atoms with Crippen LogP contribution in [0.4, 0.5) is 0 Å². The number of carbonyl (C=O) groups excluding carboxylic acids is 1. The molecule has 2 fully saturated rings. The standard InChI is InChI=1S/C27H44O3/c1-16(2)12-19(29)13-17(3)21-6-7-22-20-15-25(30)24-14-18(28)8-10-27(24,5)23(20)9-11-26(21,22)4/h16-18,21-22,24-25,28,30H,6-15H2,1-5H3/t17-,18+,21-,22+,24-,25+,26-,27-/m1/s1. The predicted molar refractivity (Wildman–Crippen MR) is 121 cm³/mol. The summed E-state index contributed by atoms with van der Waals surface area (Å²) in [6.45, 7) is 11.5. The number of fused-ring (bicyclic) bond motifs is 4. The van der Waals surface area contributed by atoms with E-state index >= 15 is 0 Å². The van der Waals surface area contributed by atoms with Crippen LogP contribution in [-0.4, -0.2) is 28.2 Å². The molecule has 0 aromatic rings. The third-order valence-corrected chi connectivity index (χ3v) is 9.93. The highest BCUT2D eigenvalue weighted by molar-refractivity contribution is 5.78. The Labute approximate surface area is 183 Å². The molecule has 2 N–H and O–H groups in total. The first-order chi connectivity index (χ1) is 14.1. The third kappa shape index (κ3) is 3.62. The summed E-state index contributed by atoms with van der Waals surface area (Å²) in [7, 11) is 0. The van der Waals surface area contributed by atoms with Gasteiger partial charge in [0.05, 0.1) is 12.2 Å². The molecule has 4 aliphatic carbocycles. The maximum Gasteiger partial charge on any atom is 0.133 e. The molecule has 0 radical (unpaired) electrons. The lowest BCUT2D eigenvalue weighted by molar-refractivity contribution is -0.121. The fraction of sp³-hybridized carbons (Fsp3) is 0.889. The largest absolute Gasteiger partial charge is 0.393 e. The Morgan fingerprint density at radius 3 is 2.50 bits per heavy atom. The van der Waals surface area contributed by atoms with Crippen LogP contribution >= 0.6 is 0 Å². The van der Waals surface area contributed by atoms with E-state index in [4.69, 9.17) is 0 Å². The molecule has 4 rings (SSSR count). The second-order valence-electron chi connectivity index (χ2n) is 12.3. The topological polar surface area (TPSA) is 57.5 Å². The van der Waals surface area contributed by atoms with Gasteiger partial charge in [-0.15, -0.1) is 0 Å². The van der Waals surface area contributed by atoms with Gasteiger partial charge in [0, 0.05) is 12.8 Å². The van der Waals surface area contributed by atoms with Crippen molar-refractivity contribution in [2.75, 3.05) is 0 Å². The number of aliphatic hydroxyl groups excluding tert-OH is 2. The van der Waals surface area contributed by atoms with Crippen LogP contribution in [-0.2, 0) is 4.79 Å². The van der Waals surface area contributed by atoms with E-state index in [0.29, 0.717) is 35.9 Å². The van der Waals surface area contributed by atoms with Crippen LogP contribution < -0.4 is 0 Å². The van der Waals surface area contributed by atoms with Crippen LogP contribution in [0.15, 0.2) is 11.1 Å². The van der Waals surface area contributed by atoms with E-state index in [0.717, 1.165) is 38.5 Å². The second kappa shape index (κ2) is 8.03. The highest BCUT2D eigenvalue weighted by Gasteiger charge is 2.57. The molecule has 4 aliphatic rings. The number of hydrogen-bond donors (Lipinski definition) is 2. The summed E-state index contributed by atoms with van der Waals surface area (Å²) in [6, 6.07) is 0. The van der Waals surface area contributed by atoms with Crippen LogP contribution in [0.25, 0.3) is 0 Å². The molecule has 0 saturated heterocycles. The van der Waals surface area contributed by atoms with Crippen LogP contribution in [0.5, 0.6) is 0 Å². The number of rotatable bonds is 5. The van der Waals surface area contributed by atoms with Crippen molar-refractivity contribution in [2.24, 2.45) is 40.4 Å². The third-order valence-electron chi connectivity index (χ3n) is 9.93. The normalized spacial score (nSPS) is 44.5. The Balaban J connectivity index is 1.57. The number of ketones is 1. The molecule has 0 amide bonds. The van der Waals surface area contributed by atoms with E-state index in [1.165, 1.54) is 19.3 Å². The fourth-order valence-electron chi connectivity index (χ4n) is 8.50. The first-order valence-electron chi connectivity index (χ1n) is 12.7. The Bertz CT molecular complexity index is 709. The smallest absolute Gasteiger partial charge is 0.133 e.